The van der Waals surface area contributed by atoms with E-state index in [-0.39, 0.29) is 0 Å². The van der Waals surface area contributed by atoms with E-state index in [1.54, 1.807) is 7.11 Å². The maximum absolute atomic E-state index is 5.19. The first-order valence-electron chi connectivity index (χ1n) is 6.09. The summed E-state index contributed by atoms with van der Waals surface area (Å²) < 4.78 is 5.19. The second-order valence-corrected chi connectivity index (χ2v) is 4.33. The van der Waals surface area contributed by atoms with Crippen LogP contribution < -0.4 is 15.7 Å². The summed E-state index contributed by atoms with van der Waals surface area (Å²) in [5.74, 6) is 1.93. The molecule has 0 saturated heterocycles. The number of allylic oxidation sites excluding steroid dienone is 2. The molecular weight excluding hydrogens is 226 g/mol. The van der Waals surface area contributed by atoms with Crippen molar-refractivity contribution >= 4 is 11.4 Å². The van der Waals surface area contributed by atoms with Crippen LogP contribution >= 0.6 is 0 Å². The zero-order chi connectivity index (χ0) is 12.4. The van der Waals surface area contributed by atoms with Crippen LogP contribution in [0.15, 0.2) is 47.1 Å². The number of nitrogens with one attached hydrogen (secondary N) is 1. The standard InChI is InChI=1S/C14H15N3O/c1-18-11-8-6-10(7-9-11)12-4-2-3-5-13(12)14-15-17-16-14/h3,5-9,17H,2,4H2,1H3,(H,15,16)/p+1. The Hall–Kier alpha value is -2.07. The molecule has 3 N–H and O–H groups in total. The molecule has 0 bridgehead atoms. The second kappa shape index (κ2) is 4.66. The van der Waals surface area contributed by atoms with Crippen molar-refractivity contribution in [3.8, 4) is 5.75 Å². The molecule has 1 aliphatic carbocycles. The summed E-state index contributed by atoms with van der Waals surface area (Å²) >= 11 is 0. The number of quaternary nitrogens is 1. The third-order valence-corrected chi connectivity index (χ3v) is 3.27. The van der Waals surface area contributed by atoms with Crippen LogP contribution in [0.25, 0.3) is 5.57 Å². The van der Waals surface area contributed by atoms with Gasteiger partial charge in [0, 0.05) is 0 Å². The minimum absolute atomic E-state index is 0.890. The van der Waals surface area contributed by atoms with Crippen LogP contribution in [0.5, 0.6) is 5.75 Å². The van der Waals surface area contributed by atoms with E-state index >= 15 is 0 Å². The van der Waals surface area contributed by atoms with E-state index in [1.165, 1.54) is 16.7 Å². The van der Waals surface area contributed by atoms with Crippen LogP contribution in [0.2, 0.25) is 0 Å². The minimum atomic E-state index is 0.890. The van der Waals surface area contributed by atoms with Crippen LogP contribution in [0.3, 0.4) is 0 Å². The molecule has 0 spiro atoms. The highest BCUT2D eigenvalue weighted by Crippen LogP contribution is 2.29. The highest BCUT2D eigenvalue weighted by atomic mass is 16.5. The first kappa shape index (κ1) is 11.0. The lowest BCUT2D eigenvalue weighted by Gasteiger charge is -2.19. The molecule has 92 valence electrons. The number of hydrazone groups is 1. The van der Waals surface area contributed by atoms with Gasteiger partial charge in [-0.2, -0.15) is 5.43 Å². The zero-order valence-electron chi connectivity index (χ0n) is 10.3. The smallest absolute Gasteiger partial charge is 0.279 e. The first-order chi connectivity index (χ1) is 8.88. The first-order valence-corrected chi connectivity index (χ1v) is 6.09. The van der Waals surface area contributed by atoms with Crippen LogP contribution in [-0.4, -0.2) is 12.9 Å². The van der Waals surface area contributed by atoms with Crippen molar-refractivity contribution in [1.82, 2.24) is 5.53 Å². The zero-order valence-corrected chi connectivity index (χ0v) is 10.3. The Morgan fingerprint density at radius 1 is 1.28 bits per heavy atom. The maximum atomic E-state index is 5.19. The lowest BCUT2D eigenvalue weighted by molar-refractivity contribution is -0.633. The Morgan fingerprint density at radius 2 is 2.06 bits per heavy atom. The number of benzene rings is 1. The summed E-state index contributed by atoms with van der Waals surface area (Å²) in [6.07, 6.45) is 6.52. The molecule has 0 atom stereocenters. The van der Waals surface area contributed by atoms with Gasteiger partial charge >= 0.3 is 0 Å². The molecule has 0 unspecified atom stereocenters. The van der Waals surface area contributed by atoms with Crippen molar-refractivity contribution in [2.24, 2.45) is 5.10 Å². The third-order valence-electron chi connectivity index (χ3n) is 3.27. The summed E-state index contributed by atoms with van der Waals surface area (Å²) in [4.78, 5) is 0. The lowest BCUT2D eigenvalue weighted by atomic mass is 9.91. The molecule has 1 heterocycles. The molecule has 0 amide bonds. The van der Waals surface area contributed by atoms with Crippen molar-refractivity contribution in [3.05, 3.63) is 47.6 Å². The number of nitrogens with two attached hydrogens (primary N) is 1. The SMILES string of the molecule is COc1ccc(C2=C(C3=NN[NH2+]3)C=CCC2)cc1. The molecule has 0 saturated carbocycles. The Kier molecular flexibility index (Phi) is 2.86. The predicted octanol–water partition coefficient (Wildman–Crippen LogP) is 1.19. The summed E-state index contributed by atoms with van der Waals surface area (Å²) in [5.41, 5.74) is 8.60. The normalized spacial score (nSPS) is 17.9. The van der Waals surface area contributed by atoms with E-state index in [4.69, 9.17) is 4.74 Å². The van der Waals surface area contributed by atoms with Gasteiger partial charge in [0.15, 0.2) is 0 Å². The van der Waals surface area contributed by atoms with E-state index in [0.29, 0.717) is 0 Å². The van der Waals surface area contributed by atoms with E-state index in [0.717, 1.165) is 24.4 Å². The van der Waals surface area contributed by atoms with Crippen LogP contribution in [0.1, 0.15) is 18.4 Å². The molecule has 1 aromatic rings. The van der Waals surface area contributed by atoms with Crippen molar-refractivity contribution in [2.45, 2.75) is 12.8 Å². The Balaban J connectivity index is 2.00. The van der Waals surface area contributed by atoms with Crippen LogP contribution in [-0.2, 0) is 0 Å². The summed E-state index contributed by atoms with van der Waals surface area (Å²) in [6.45, 7) is 0. The topological polar surface area (TPSA) is 50.2 Å². The van der Waals surface area contributed by atoms with Gasteiger partial charge in [-0.1, -0.05) is 29.4 Å². The summed E-state index contributed by atoms with van der Waals surface area (Å²) in [5, 5.41) is 4.18. The number of nitrogens with zero attached hydrogens (tertiary/aromatic N) is 1. The molecule has 1 aliphatic heterocycles. The fourth-order valence-electron chi connectivity index (χ4n) is 2.26. The highest BCUT2D eigenvalue weighted by Gasteiger charge is 2.22. The fourth-order valence-corrected chi connectivity index (χ4v) is 2.26. The Bertz CT molecular complexity index is 541. The number of rotatable bonds is 3. The van der Waals surface area contributed by atoms with Crippen molar-refractivity contribution in [3.63, 3.8) is 0 Å². The molecule has 1 aromatic carbocycles. The van der Waals surface area contributed by atoms with Crippen LogP contribution in [0, 0.1) is 0 Å². The van der Waals surface area contributed by atoms with Gasteiger partial charge in [0.2, 0.25) is 0 Å². The minimum Gasteiger partial charge on any atom is -0.497 e. The predicted molar refractivity (Wildman–Crippen MR) is 70.8 cm³/mol. The molecular formula is C14H16N3O+. The summed E-state index contributed by atoms with van der Waals surface area (Å²) in [6, 6.07) is 8.23. The van der Waals surface area contributed by atoms with Gasteiger partial charge in [-0.25, -0.2) is 0 Å². The molecule has 3 rings (SSSR count). The molecule has 4 heteroatoms. The van der Waals surface area contributed by atoms with Gasteiger partial charge in [0.1, 0.15) is 5.75 Å². The number of ether oxygens (including phenoxy) is 1. The number of methoxy groups -OCH3 is 1. The largest absolute Gasteiger partial charge is 0.497 e. The van der Waals surface area contributed by atoms with Crippen molar-refractivity contribution < 1.29 is 10.2 Å². The number of hydrogen-bond acceptors (Lipinski definition) is 3. The quantitative estimate of drug-likeness (QED) is 0.782. The number of hydrogen-bond donors (Lipinski definition) is 2. The maximum Gasteiger partial charge on any atom is 0.279 e. The highest BCUT2D eigenvalue weighted by molar-refractivity contribution is 6.03. The van der Waals surface area contributed by atoms with Gasteiger partial charge in [-0.15, -0.1) is 5.53 Å². The van der Waals surface area contributed by atoms with Gasteiger partial charge in [0.25, 0.3) is 5.84 Å². The van der Waals surface area contributed by atoms with Gasteiger partial charge in [0.05, 0.1) is 12.7 Å². The summed E-state index contributed by atoms with van der Waals surface area (Å²) in [7, 11) is 1.69. The van der Waals surface area contributed by atoms with Crippen molar-refractivity contribution in [2.75, 3.05) is 7.11 Å². The lowest BCUT2D eigenvalue weighted by Crippen LogP contribution is -3.02. The Morgan fingerprint density at radius 3 is 2.67 bits per heavy atom. The molecule has 0 aromatic heterocycles. The van der Waals surface area contributed by atoms with Gasteiger partial charge < -0.3 is 4.74 Å². The van der Waals surface area contributed by atoms with E-state index < -0.39 is 0 Å². The molecule has 2 aliphatic rings. The van der Waals surface area contributed by atoms with Crippen LogP contribution in [0.4, 0.5) is 0 Å². The van der Waals surface area contributed by atoms with Crippen molar-refractivity contribution in [1.29, 1.82) is 0 Å². The number of amidine groups is 1. The third kappa shape index (κ3) is 1.91. The second-order valence-electron chi connectivity index (χ2n) is 4.33. The van der Waals surface area contributed by atoms with Gasteiger partial charge in [-0.3, -0.25) is 0 Å². The fraction of sp³-hybridized carbons (Fsp3) is 0.214. The monoisotopic (exact) mass is 242 g/mol. The van der Waals surface area contributed by atoms with E-state index in [2.05, 4.69) is 34.9 Å². The molecule has 4 nitrogen and oxygen atoms in total. The Labute approximate surface area is 106 Å². The van der Waals surface area contributed by atoms with E-state index in [1.807, 2.05) is 17.6 Å². The average Bonchev–Trinajstić information content (AvgIpc) is 2.38. The molecule has 0 radical (unpaired) electrons. The average molecular weight is 242 g/mol. The van der Waals surface area contributed by atoms with Gasteiger partial charge in [-0.05, 0) is 36.1 Å². The van der Waals surface area contributed by atoms with E-state index in [9.17, 15) is 0 Å². The molecule has 18 heavy (non-hydrogen) atoms. The molecule has 0 fully saturated rings.